The van der Waals surface area contributed by atoms with Crippen molar-refractivity contribution in [3.05, 3.63) is 354 Å². The van der Waals surface area contributed by atoms with Gasteiger partial charge in [0.1, 0.15) is 28.5 Å². The number of carbonyl (C=O) groups is 9. The van der Waals surface area contributed by atoms with Crippen LogP contribution in [-0.4, -0.2) is 161 Å². The van der Waals surface area contributed by atoms with Crippen LogP contribution in [0.25, 0.3) is 0 Å². The molecule has 123 heavy (non-hydrogen) atoms. The number of benzene rings is 6. The summed E-state index contributed by atoms with van der Waals surface area (Å²) in [6.07, 6.45) is 19.3. The first-order valence-corrected chi connectivity index (χ1v) is 42.2. The Morgan fingerprint density at radius 3 is 1.01 bits per heavy atom. The number of piperidine rings is 3. The van der Waals surface area contributed by atoms with E-state index in [1.54, 1.807) is 52.1 Å². The molecule has 5 aromatic heterocycles. The van der Waals surface area contributed by atoms with Crippen molar-refractivity contribution in [3.63, 3.8) is 0 Å². The van der Waals surface area contributed by atoms with Gasteiger partial charge in [-0.1, -0.05) is 167 Å². The van der Waals surface area contributed by atoms with Crippen molar-refractivity contribution in [3.8, 4) is 0 Å². The van der Waals surface area contributed by atoms with E-state index in [1.807, 2.05) is 254 Å². The van der Waals surface area contributed by atoms with E-state index in [2.05, 4.69) is 10.1 Å². The van der Waals surface area contributed by atoms with Gasteiger partial charge in [-0.3, -0.25) is 28.8 Å². The topological polar surface area (TPSA) is 268 Å². The minimum atomic E-state index is -0.918. The third-order valence-corrected chi connectivity index (χ3v) is 22.2. The maximum atomic E-state index is 13.1. The highest BCUT2D eigenvalue weighted by Crippen LogP contribution is 2.27. The summed E-state index contributed by atoms with van der Waals surface area (Å²) in [5.41, 5.74) is 9.94. The number of rotatable bonds is 22. The SMILES string of the molecule is CCOC(=O)C1CCN(C(=O)c2cccn2Cc2ccc(Cl)cc2)CC1.COC(=O)C1=CC=CC1.COC(=O)c1cccn1Cc1ccc(Cl)cc1.O=C(NCc1ccccc1)C1CCN(C(=O)c2cccn2Cc2ccc(Cl)cc2)CC1.O=C(O)C1CCN(C(=O)c2cccn2Cc2ccc(Cl)cc2)CC1.O=C(O)c1cccn1Cc1ccc(Cl)cc1. The minimum absolute atomic E-state index is 0.00581. The number of hydrogen-bond acceptors (Lipinski definition) is 12. The number of likely N-dealkylation sites (tertiary alicyclic amines) is 3. The molecule has 8 heterocycles. The average molecular weight is 1770 g/mol. The van der Waals surface area contributed by atoms with Crippen molar-refractivity contribution in [2.45, 2.75) is 91.1 Å². The molecule has 0 atom stereocenters. The highest BCUT2D eigenvalue weighted by molar-refractivity contribution is 6.31. The number of hydrogen-bond donors (Lipinski definition) is 3. The molecule has 0 spiro atoms. The monoisotopic (exact) mass is 1760 g/mol. The van der Waals surface area contributed by atoms with Gasteiger partial charge in [0, 0.05) is 146 Å². The van der Waals surface area contributed by atoms with Gasteiger partial charge in [0.05, 0.1) is 32.7 Å². The van der Waals surface area contributed by atoms with Crippen LogP contribution in [0.2, 0.25) is 25.1 Å². The molecule has 0 saturated carbocycles. The van der Waals surface area contributed by atoms with Crippen LogP contribution in [0.5, 0.6) is 0 Å². The second kappa shape index (κ2) is 47.3. The van der Waals surface area contributed by atoms with E-state index in [9.17, 15) is 43.2 Å². The Labute approximate surface area is 740 Å². The number of carboxylic acids is 2. The molecule has 11 aromatic rings. The number of methoxy groups -OCH3 is 2. The maximum Gasteiger partial charge on any atom is 0.354 e. The van der Waals surface area contributed by atoms with E-state index >= 15 is 0 Å². The van der Waals surface area contributed by atoms with Gasteiger partial charge in [0.25, 0.3) is 17.7 Å². The van der Waals surface area contributed by atoms with Crippen molar-refractivity contribution >= 4 is 111 Å². The van der Waals surface area contributed by atoms with Gasteiger partial charge in [0.15, 0.2) is 0 Å². The van der Waals surface area contributed by atoms with Crippen molar-refractivity contribution in [2.75, 3.05) is 60.1 Å². The Bertz CT molecular complexity index is 5360. The molecule has 3 fully saturated rings. The summed E-state index contributed by atoms with van der Waals surface area (Å²) < 4.78 is 23.6. The van der Waals surface area contributed by atoms with Gasteiger partial charge in [-0.25, -0.2) is 14.4 Å². The van der Waals surface area contributed by atoms with Gasteiger partial charge in [-0.05, 0) is 207 Å². The van der Waals surface area contributed by atoms with Crippen molar-refractivity contribution in [2.24, 2.45) is 17.8 Å². The quantitative estimate of drug-likeness (QED) is 0.0421. The number of carboxylic acid groups (broad SMARTS) is 2. The van der Waals surface area contributed by atoms with Crippen LogP contribution in [0, 0.1) is 17.8 Å². The van der Waals surface area contributed by atoms with Crippen LogP contribution < -0.4 is 5.32 Å². The number of aromatic carboxylic acids is 1. The number of amides is 4. The van der Waals surface area contributed by atoms with E-state index in [1.165, 1.54) is 14.2 Å². The number of aliphatic carboxylic acids is 1. The molecule has 28 heteroatoms. The average Bonchev–Trinajstić information content (AvgIpc) is 1.81. The van der Waals surface area contributed by atoms with Crippen LogP contribution in [-0.2, 0) is 72.7 Å². The molecule has 0 bridgehead atoms. The molecule has 642 valence electrons. The number of carbonyl (C=O) groups excluding carboxylic acids is 7. The van der Waals surface area contributed by atoms with E-state index in [0.717, 1.165) is 39.0 Å². The number of aromatic nitrogens is 5. The Morgan fingerprint density at radius 2 is 0.691 bits per heavy atom. The van der Waals surface area contributed by atoms with Crippen molar-refractivity contribution in [1.82, 2.24) is 42.9 Å². The molecule has 6 aromatic carbocycles. The van der Waals surface area contributed by atoms with Crippen LogP contribution in [0.3, 0.4) is 0 Å². The lowest BCUT2D eigenvalue weighted by atomic mass is 9.95. The number of allylic oxidation sites excluding steroid dienone is 3. The first-order chi connectivity index (χ1) is 59.4. The molecule has 3 aliphatic heterocycles. The lowest BCUT2D eigenvalue weighted by Crippen LogP contribution is -2.43. The maximum absolute atomic E-state index is 13.1. The number of nitrogens with one attached hydrogen (secondary N) is 1. The highest BCUT2D eigenvalue weighted by atomic mass is 35.5. The molecular weight excluding hydrogens is 1670 g/mol. The first-order valence-electron chi connectivity index (χ1n) is 40.3. The lowest BCUT2D eigenvalue weighted by molar-refractivity contribution is -0.149. The molecule has 3 saturated heterocycles. The Hall–Kier alpha value is -12.1. The number of esters is 3. The van der Waals surface area contributed by atoms with Crippen LogP contribution in [0.4, 0.5) is 0 Å². The van der Waals surface area contributed by atoms with Gasteiger partial charge in [0.2, 0.25) is 5.91 Å². The highest BCUT2D eigenvalue weighted by Gasteiger charge is 2.32. The van der Waals surface area contributed by atoms with E-state index in [-0.39, 0.29) is 65.0 Å². The summed E-state index contributed by atoms with van der Waals surface area (Å²) in [6.45, 7) is 9.04. The third-order valence-electron chi connectivity index (χ3n) is 21.0. The molecule has 4 amide bonds. The third kappa shape index (κ3) is 28.2. The van der Waals surface area contributed by atoms with E-state index in [4.69, 9.17) is 77.7 Å². The summed E-state index contributed by atoms with van der Waals surface area (Å²) in [5.74, 6) is -2.82. The molecule has 23 nitrogen and oxygen atoms in total. The summed E-state index contributed by atoms with van der Waals surface area (Å²) in [6, 6.07) is 65.6. The molecule has 3 N–H and O–H groups in total. The summed E-state index contributed by atoms with van der Waals surface area (Å²) in [7, 11) is 2.77. The summed E-state index contributed by atoms with van der Waals surface area (Å²) >= 11 is 29.4. The second-order valence-electron chi connectivity index (χ2n) is 29.3. The van der Waals surface area contributed by atoms with Crippen molar-refractivity contribution in [1.29, 1.82) is 0 Å². The largest absolute Gasteiger partial charge is 0.481 e. The normalized spacial score (nSPS) is 13.7. The Balaban J connectivity index is 0.000000159. The van der Waals surface area contributed by atoms with Crippen molar-refractivity contribution < 1.29 is 67.6 Å². The lowest BCUT2D eigenvalue weighted by Gasteiger charge is -2.31. The fraction of sp³-hybridized carbons (Fsp3) is 0.274. The number of ether oxygens (including phenoxy) is 3. The fourth-order valence-electron chi connectivity index (χ4n) is 14.2. The van der Waals surface area contributed by atoms with Crippen LogP contribution in [0.1, 0.15) is 138 Å². The minimum Gasteiger partial charge on any atom is -0.481 e. The standard InChI is InChI=1S/C25H26ClN3O2.C20H23ClN2O3.C18H19ClN2O3.C13H12ClNO2.C12H10ClNO2.C7H8O2/c26-22-10-8-20(9-11-22)18-29-14-4-7-23(29)25(31)28-15-12-21(13-16-28)24(30)27-17-19-5-2-1-3-6-19;1-2-26-20(25)16-9-12-22(13-10-16)19(24)18-4-3-11-23(18)14-15-5-7-17(21)8-6-15;19-15-5-3-13(4-6-15)12-21-9-1-2-16(21)17(22)20-10-7-14(8-11-20)18(23)24;1-17-13(16)12-3-2-8-15(12)9-10-4-6-11(14)7-5-10;13-10-5-3-9(4-6-10)8-14-7-1-2-11(14)12(15)16;1-9-7(8)6-4-2-3-5-6/h1-11,14,21H,12-13,15-18H2,(H,27,30);3-8,11,16H,2,9-10,12-14H2,1H3;1-6,9,14H,7-8,10-12H2,(H,23,24);2-8H,9H2,1H3;1-7H,8H2,(H,15,16);2-4H,5H2,1H3. The van der Waals surface area contributed by atoms with Gasteiger partial charge in [-0.15, -0.1) is 0 Å². The zero-order valence-electron chi connectivity index (χ0n) is 68.5. The smallest absolute Gasteiger partial charge is 0.354 e. The zero-order chi connectivity index (χ0) is 87.7. The Kier molecular flexibility index (Phi) is 35.9. The number of halogens is 5. The van der Waals surface area contributed by atoms with Gasteiger partial charge < -0.3 is 67.3 Å². The molecule has 1 aliphatic carbocycles. The molecule has 0 radical (unpaired) electrons. The molecular formula is C95H98Cl5N9O14. The summed E-state index contributed by atoms with van der Waals surface area (Å²) in [5, 5.41) is 24.5. The zero-order valence-corrected chi connectivity index (χ0v) is 72.2. The predicted molar refractivity (Wildman–Crippen MR) is 476 cm³/mol. The molecule has 15 rings (SSSR count). The van der Waals surface area contributed by atoms with Gasteiger partial charge in [-0.2, -0.15) is 0 Å². The van der Waals surface area contributed by atoms with Crippen LogP contribution in [0.15, 0.2) is 267 Å². The molecule has 0 unspecified atom stereocenters. The van der Waals surface area contributed by atoms with Gasteiger partial charge >= 0.3 is 29.8 Å². The van der Waals surface area contributed by atoms with E-state index in [0.29, 0.717) is 178 Å². The van der Waals surface area contributed by atoms with E-state index < -0.39 is 11.9 Å². The molecule has 4 aliphatic rings. The summed E-state index contributed by atoms with van der Waals surface area (Å²) in [4.78, 5) is 113. The Morgan fingerprint density at radius 1 is 0.374 bits per heavy atom. The van der Waals surface area contributed by atoms with Crippen LogP contribution >= 0.6 is 58.0 Å². The number of nitrogens with zero attached hydrogens (tertiary/aromatic N) is 8. The second-order valence-corrected chi connectivity index (χ2v) is 31.5. The predicted octanol–water partition coefficient (Wildman–Crippen LogP) is 18.0. The first kappa shape index (κ1) is 93.2. The fourth-order valence-corrected chi connectivity index (χ4v) is 14.8.